The Morgan fingerprint density at radius 3 is 1.85 bits per heavy atom. The number of nitro groups is 1. The Morgan fingerprint density at radius 2 is 1.50 bits per heavy atom. The minimum Gasteiger partial charge on any atom is -0.459 e. The summed E-state index contributed by atoms with van der Waals surface area (Å²) in [5.74, 6) is -3.57. The molecular formula is C18H23NO7. The van der Waals surface area contributed by atoms with Crippen molar-refractivity contribution in [2.75, 3.05) is 0 Å². The molecule has 0 heterocycles. The van der Waals surface area contributed by atoms with E-state index in [2.05, 4.69) is 0 Å². The lowest BCUT2D eigenvalue weighted by molar-refractivity contribution is -0.385. The molecule has 0 amide bonds. The number of esters is 2. The van der Waals surface area contributed by atoms with E-state index in [1.54, 1.807) is 41.5 Å². The molecule has 1 aromatic carbocycles. The fourth-order valence-electron chi connectivity index (χ4n) is 2.11. The topological polar surface area (TPSA) is 113 Å². The van der Waals surface area contributed by atoms with Crippen LogP contribution in [-0.2, 0) is 19.1 Å². The summed E-state index contributed by atoms with van der Waals surface area (Å²) in [6.45, 7) is 9.67. The summed E-state index contributed by atoms with van der Waals surface area (Å²) in [5, 5.41) is 11.4. The molecule has 0 aromatic heterocycles. The first-order valence-electron chi connectivity index (χ1n) is 7.94. The SMILES string of the molecule is CC(C)(C)OC(=O)C(C(=O)OC(C)(C)C)c1ccc(C=O)cc1[N+](=O)[O-]. The minimum absolute atomic E-state index is 0.0487. The Morgan fingerprint density at radius 1 is 1.04 bits per heavy atom. The smallest absolute Gasteiger partial charge is 0.325 e. The molecule has 0 radical (unpaired) electrons. The van der Waals surface area contributed by atoms with Crippen molar-refractivity contribution in [3.05, 3.63) is 39.4 Å². The number of hydrogen-bond donors (Lipinski definition) is 0. The van der Waals surface area contributed by atoms with Gasteiger partial charge in [0.25, 0.3) is 5.69 Å². The number of nitrogens with zero attached hydrogens (tertiary/aromatic N) is 1. The Bertz CT molecular complexity index is 698. The Balaban J connectivity index is 3.50. The quantitative estimate of drug-likeness (QED) is 0.259. The van der Waals surface area contributed by atoms with Gasteiger partial charge in [-0.1, -0.05) is 6.07 Å². The van der Waals surface area contributed by atoms with E-state index in [-0.39, 0.29) is 11.1 Å². The van der Waals surface area contributed by atoms with Crippen molar-refractivity contribution in [2.24, 2.45) is 0 Å². The lowest BCUT2D eigenvalue weighted by Gasteiger charge is -2.26. The van der Waals surface area contributed by atoms with Crippen LogP contribution in [0.2, 0.25) is 0 Å². The van der Waals surface area contributed by atoms with E-state index < -0.39 is 39.7 Å². The van der Waals surface area contributed by atoms with Gasteiger partial charge < -0.3 is 9.47 Å². The van der Waals surface area contributed by atoms with Crippen LogP contribution in [0.5, 0.6) is 0 Å². The van der Waals surface area contributed by atoms with E-state index in [9.17, 15) is 24.5 Å². The van der Waals surface area contributed by atoms with Gasteiger partial charge in [0.1, 0.15) is 17.5 Å². The number of benzene rings is 1. The molecule has 0 spiro atoms. The fourth-order valence-corrected chi connectivity index (χ4v) is 2.11. The van der Waals surface area contributed by atoms with Crippen molar-refractivity contribution < 1.29 is 28.8 Å². The maximum atomic E-state index is 12.6. The summed E-state index contributed by atoms with van der Waals surface area (Å²) in [5.41, 5.74) is -2.49. The van der Waals surface area contributed by atoms with Crippen molar-refractivity contribution in [3.63, 3.8) is 0 Å². The highest BCUT2D eigenvalue weighted by atomic mass is 16.6. The number of hydrogen-bond acceptors (Lipinski definition) is 7. The van der Waals surface area contributed by atoms with Gasteiger partial charge in [-0.25, -0.2) is 0 Å². The van der Waals surface area contributed by atoms with E-state index in [4.69, 9.17) is 9.47 Å². The molecule has 1 rings (SSSR count). The summed E-state index contributed by atoms with van der Waals surface area (Å²) < 4.78 is 10.5. The molecule has 0 bridgehead atoms. The van der Waals surface area contributed by atoms with E-state index in [0.717, 1.165) is 6.07 Å². The van der Waals surface area contributed by atoms with Crippen LogP contribution < -0.4 is 0 Å². The molecule has 0 saturated heterocycles. The molecule has 0 fully saturated rings. The minimum atomic E-state index is -1.64. The lowest BCUT2D eigenvalue weighted by Crippen LogP contribution is -2.35. The van der Waals surface area contributed by atoms with Gasteiger partial charge in [0.2, 0.25) is 0 Å². The van der Waals surface area contributed by atoms with Gasteiger partial charge >= 0.3 is 11.9 Å². The Hall–Kier alpha value is -2.77. The molecule has 0 aliphatic rings. The molecule has 0 aliphatic heterocycles. The zero-order chi connectivity index (χ0) is 20.3. The van der Waals surface area contributed by atoms with Crippen LogP contribution in [0.1, 0.15) is 63.4 Å². The van der Waals surface area contributed by atoms with Crippen LogP contribution in [0.4, 0.5) is 5.69 Å². The molecule has 0 aliphatic carbocycles. The van der Waals surface area contributed by atoms with Crippen molar-refractivity contribution in [1.82, 2.24) is 0 Å². The average molecular weight is 365 g/mol. The lowest BCUT2D eigenvalue weighted by atomic mass is 9.95. The Kier molecular flexibility index (Phi) is 6.25. The standard InChI is InChI=1S/C18H23NO7/c1-17(2,3)25-15(21)14(16(22)26-18(4,5)6)12-8-7-11(10-20)9-13(12)19(23)24/h7-10,14H,1-6H3. The molecule has 8 heteroatoms. The van der Waals surface area contributed by atoms with Crippen molar-refractivity contribution in [2.45, 2.75) is 58.7 Å². The maximum Gasteiger partial charge on any atom is 0.325 e. The summed E-state index contributed by atoms with van der Waals surface area (Å²) >= 11 is 0. The number of nitro benzene ring substituents is 1. The first-order valence-corrected chi connectivity index (χ1v) is 7.94. The van der Waals surface area contributed by atoms with Crippen LogP contribution in [0.15, 0.2) is 18.2 Å². The predicted octanol–water partition coefficient (Wildman–Crippen LogP) is 3.17. The summed E-state index contributed by atoms with van der Waals surface area (Å²) in [7, 11) is 0. The highest BCUT2D eigenvalue weighted by Gasteiger charge is 2.40. The molecule has 0 unspecified atom stereocenters. The third-order valence-corrected chi connectivity index (χ3v) is 2.98. The van der Waals surface area contributed by atoms with Gasteiger partial charge in [0.15, 0.2) is 5.92 Å². The molecule has 0 saturated carbocycles. The average Bonchev–Trinajstić information content (AvgIpc) is 2.43. The maximum absolute atomic E-state index is 12.6. The van der Waals surface area contributed by atoms with Crippen LogP contribution >= 0.6 is 0 Å². The molecule has 1 aromatic rings. The normalized spacial score (nSPS) is 11.8. The van der Waals surface area contributed by atoms with Crippen LogP contribution in [0, 0.1) is 10.1 Å². The second-order valence-electron chi connectivity index (χ2n) is 7.69. The van der Waals surface area contributed by atoms with E-state index in [1.807, 2.05) is 0 Å². The number of ether oxygens (including phenoxy) is 2. The largest absolute Gasteiger partial charge is 0.459 e. The third-order valence-electron chi connectivity index (χ3n) is 2.98. The van der Waals surface area contributed by atoms with E-state index in [0.29, 0.717) is 6.29 Å². The van der Waals surface area contributed by atoms with Crippen LogP contribution in [0.25, 0.3) is 0 Å². The van der Waals surface area contributed by atoms with Gasteiger partial charge in [0.05, 0.1) is 10.5 Å². The second-order valence-corrected chi connectivity index (χ2v) is 7.69. The molecule has 142 valence electrons. The third kappa shape index (κ3) is 5.94. The number of rotatable bonds is 5. The van der Waals surface area contributed by atoms with Gasteiger partial charge in [-0.3, -0.25) is 24.5 Å². The molecule has 0 N–H and O–H groups in total. The molecule has 26 heavy (non-hydrogen) atoms. The van der Waals surface area contributed by atoms with Gasteiger partial charge in [0, 0.05) is 11.6 Å². The zero-order valence-electron chi connectivity index (χ0n) is 15.7. The number of carbonyl (C=O) groups is 3. The van der Waals surface area contributed by atoms with Gasteiger partial charge in [-0.15, -0.1) is 0 Å². The molecular weight excluding hydrogens is 342 g/mol. The highest BCUT2D eigenvalue weighted by Crippen LogP contribution is 2.32. The van der Waals surface area contributed by atoms with Crippen LogP contribution in [0.3, 0.4) is 0 Å². The Labute approximate surface area is 151 Å². The monoisotopic (exact) mass is 365 g/mol. The number of carbonyl (C=O) groups excluding carboxylic acids is 3. The predicted molar refractivity (Wildman–Crippen MR) is 92.9 cm³/mol. The number of aldehydes is 1. The van der Waals surface area contributed by atoms with Gasteiger partial charge in [-0.05, 0) is 47.6 Å². The van der Waals surface area contributed by atoms with Crippen LogP contribution in [-0.4, -0.2) is 34.4 Å². The summed E-state index contributed by atoms with van der Waals surface area (Å²) in [6.07, 6.45) is 0.437. The fraction of sp³-hybridized carbons (Fsp3) is 0.500. The van der Waals surface area contributed by atoms with Crippen molar-refractivity contribution in [3.8, 4) is 0 Å². The zero-order valence-corrected chi connectivity index (χ0v) is 15.7. The molecule has 0 atom stereocenters. The van der Waals surface area contributed by atoms with E-state index >= 15 is 0 Å². The second kappa shape index (κ2) is 7.63. The first kappa shape index (κ1) is 21.3. The van der Waals surface area contributed by atoms with E-state index in [1.165, 1.54) is 12.1 Å². The highest BCUT2D eigenvalue weighted by molar-refractivity contribution is 6.02. The van der Waals surface area contributed by atoms with Crippen molar-refractivity contribution in [1.29, 1.82) is 0 Å². The first-order chi connectivity index (χ1) is 11.7. The summed E-state index contributed by atoms with van der Waals surface area (Å²) in [4.78, 5) is 46.7. The van der Waals surface area contributed by atoms with Gasteiger partial charge in [-0.2, -0.15) is 0 Å². The molecule has 8 nitrogen and oxygen atoms in total. The summed E-state index contributed by atoms with van der Waals surface area (Å²) in [6, 6.07) is 3.49. The van der Waals surface area contributed by atoms with Crippen molar-refractivity contribution >= 4 is 23.9 Å².